The Labute approximate surface area is 169 Å². The van der Waals surface area contributed by atoms with Gasteiger partial charge in [0.1, 0.15) is 0 Å². The number of hydrogen-bond donors (Lipinski definition) is 1. The lowest BCUT2D eigenvalue weighted by molar-refractivity contribution is -0.142. The number of esters is 1. The SMILES string of the molecule is COc1cc(/C=C/C(=O)OC(C)c2nc3ccccc3c(=O)[nH]2)ccc1OC(F)F. The number of para-hydroxylation sites is 1. The van der Waals surface area contributed by atoms with Crippen LogP contribution in [-0.2, 0) is 9.53 Å². The van der Waals surface area contributed by atoms with Crippen LogP contribution < -0.4 is 15.0 Å². The number of ether oxygens (including phenoxy) is 3. The second kappa shape index (κ2) is 9.17. The minimum absolute atomic E-state index is 0.0946. The Kier molecular flexibility index (Phi) is 6.41. The second-order valence-corrected chi connectivity index (χ2v) is 6.17. The maximum atomic E-state index is 12.4. The summed E-state index contributed by atoms with van der Waals surface area (Å²) in [5.74, 6) is -0.481. The van der Waals surface area contributed by atoms with Gasteiger partial charge in [0.05, 0.1) is 18.0 Å². The monoisotopic (exact) mass is 416 g/mol. The van der Waals surface area contributed by atoms with E-state index in [2.05, 4.69) is 14.7 Å². The number of alkyl halides is 2. The maximum Gasteiger partial charge on any atom is 0.387 e. The first kappa shape index (κ1) is 21.0. The van der Waals surface area contributed by atoms with E-state index in [4.69, 9.17) is 9.47 Å². The molecule has 0 aliphatic heterocycles. The lowest BCUT2D eigenvalue weighted by Gasteiger charge is -2.12. The third-order valence-corrected chi connectivity index (χ3v) is 4.12. The highest BCUT2D eigenvalue weighted by molar-refractivity contribution is 5.87. The normalized spacial score (nSPS) is 12.3. The van der Waals surface area contributed by atoms with E-state index < -0.39 is 18.7 Å². The maximum absolute atomic E-state index is 12.4. The molecule has 0 amide bonds. The van der Waals surface area contributed by atoms with Gasteiger partial charge in [-0.1, -0.05) is 18.2 Å². The Balaban J connectivity index is 1.70. The number of H-pyrrole nitrogens is 1. The van der Waals surface area contributed by atoms with Crippen molar-refractivity contribution < 1.29 is 27.8 Å². The van der Waals surface area contributed by atoms with Gasteiger partial charge >= 0.3 is 12.6 Å². The van der Waals surface area contributed by atoms with Crippen molar-refractivity contribution in [3.05, 3.63) is 70.3 Å². The number of rotatable bonds is 7. The van der Waals surface area contributed by atoms with Crippen LogP contribution in [0.3, 0.4) is 0 Å². The average Bonchev–Trinajstić information content (AvgIpc) is 2.72. The Morgan fingerprint density at radius 2 is 1.93 bits per heavy atom. The molecule has 3 rings (SSSR count). The number of nitrogens with zero attached hydrogens (tertiary/aromatic N) is 1. The number of carbonyl (C=O) groups excluding carboxylic acids is 1. The fourth-order valence-corrected chi connectivity index (χ4v) is 2.71. The fourth-order valence-electron chi connectivity index (χ4n) is 2.71. The molecule has 0 bridgehead atoms. The van der Waals surface area contributed by atoms with Gasteiger partial charge in [-0.05, 0) is 42.8 Å². The highest BCUT2D eigenvalue weighted by atomic mass is 19.3. The number of carbonyl (C=O) groups is 1. The minimum Gasteiger partial charge on any atom is -0.493 e. The summed E-state index contributed by atoms with van der Waals surface area (Å²) in [4.78, 5) is 31.2. The lowest BCUT2D eigenvalue weighted by Crippen LogP contribution is -2.16. The molecule has 1 unspecified atom stereocenters. The third-order valence-electron chi connectivity index (χ3n) is 4.12. The highest BCUT2D eigenvalue weighted by Gasteiger charge is 2.14. The van der Waals surface area contributed by atoms with Gasteiger partial charge in [-0.25, -0.2) is 9.78 Å². The number of nitrogens with one attached hydrogen (secondary N) is 1. The van der Waals surface area contributed by atoms with Crippen molar-refractivity contribution in [3.63, 3.8) is 0 Å². The number of benzene rings is 2. The van der Waals surface area contributed by atoms with Crippen molar-refractivity contribution in [3.8, 4) is 11.5 Å². The van der Waals surface area contributed by atoms with Gasteiger partial charge in [0.15, 0.2) is 23.4 Å². The topological polar surface area (TPSA) is 90.5 Å². The van der Waals surface area contributed by atoms with Crippen molar-refractivity contribution in [2.75, 3.05) is 7.11 Å². The van der Waals surface area contributed by atoms with E-state index in [0.717, 1.165) is 6.08 Å². The molecule has 30 heavy (non-hydrogen) atoms. The van der Waals surface area contributed by atoms with E-state index in [9.17, 15) is 18.4 Å². The van der Waals surface area contributed by atoms with Crippen LogP contribution in [0.5, 0.6) is 11.5 Å². The lowest BCUT2D eigenvalue weighted by atomic mass is 10.2. The summed E-state index contributed by atoms with van der Waals surface area (Å²) in [5.41, 5.74) is 0.676. The van der Waals surface area contributed by atoms with Crippen LogP contribution in [0.1, 0.15) is 24.4 Å². The molecule has 0 spiro atoms. The molecule has 0 fully saturated rings. The molecule has 3 aromatic rings. The summed E-state index contributed by atoms with van der Waals surface area (Å²) in [7, 11) is 1.31. The van der Waals surface area contributed by atoms with Crippen LogP contribution in [0.15, 0.2) is 53.3 Å². The third kappa shape index (κ3) is 4.99. The first-order valence-corrected chi connectivity index (χ1v) is 8.88. The molecule has 9 heteroatoms. The van der Waals surface area contributed by atoms with Crippen molar-refractivity contribution in [1.82, 2.24) is 9.97 Å². The van der Waals surface area contributed by atoms with E-state index in [1.807, 2.05) is 0 Å². The fraction of sp³-hybridized carbons (Fsp3) is 0.190. The molecule has 2 aromatic carbocycles. The molecule has 1 heterocycles. The Bertz CT molecular complexity index is 1140. The molecule has 0 aliphatic carbocycles. The van der Waals surface area contributed by atoms with E-state index in [1.165, 1.54) is 31.4 Å². The number of fused-ring (bicyclic) bond motifs is 1. The van der Waals surface area contributed by atoms with Gasteiger partial charge < -0.3 is 19.2 Å². The summed E-state index contributed by atoms with van der Waals surface area (Å²) < 4.78 is 39.4. The number of hydrogen-bond acceptors (Lipinski definition) is 6. The Morgan fingerprint density at radius 1 is 1.17 bits per heavy atom. The van der Waals surface area contributed by atoms with E-state index in [-0.39, 0.29) is 22.9 Å². The molecule has 156 valence electrons. The Morgan fingerprint density at radius 3 is 2.67 bits per heavy atom. The molecule has 0 radical (unpaired) electrons. The first-order valence-electron chi connectivity index (χ1n) is 8.88. The molecule has 1 aromatic heterocycles. The van der Waals surface area contributed by atoms with Crippen molar-refractivity contribution in [2.24, 2.45) is 0 Å². The van der Waals surface area contributed by atoms with Gasteiger partial charge in [-0.2, -0.15) is 8.78 Å². The van der Waals surface area contributed by atoms with E-state index in [1.54, 1.807) is 31.2 Å². The molecule has 0 saturated carbocycles. The summed E-state index contributed by atoms with van der Waals surface area (Å²) in [6, 6.07) is 11.1. The van der Waals surface area contributed by atoms with Crippen LogP contribution in [0.4, 0.5) is 8.78 Å². The van der Waals surface area contributed by atoms with Gasteiger partial charge in [0.25, 0.3) is 5.56 Å². The van der Waals surface area contributed by atoms with Gasteiger partial charge in [0.2, 0.25) is 0 Å². The summed E-state index contributed by atoms with van der Waals surface area (Å²) in [6.45, 7) is -1.40. The molecular weight excluding hydrogens is 398 g/mol. The second-order valence-electron chi connectivity index (χ2n) is 6.17. The van der Waals surface area contributed by atoms with E-state index >= 15 is 0 Å². The van der Waals surface area contributed by atoms with Crippen LogP contribution >= 0.6 is 0 Å². The number of halogens is 2. The van der Waals surface area contributed by atoms with Gasteiger partial charge in [-0.3, -0.25) is 4.79 Å². The first-order chi connectivity index (χ1) is 14.4. The Hall–Kier alpha value is -3.75. The quantitative estimate of drug-likeness (QED) is 0.465. The van der Waals surface area contributed by atoms with Crippen LogP contribution in [0, 0.1) is 0 Å². The molecule has 0 aliphatic rings. The predicted octanol–water partition coefficient (Wildman–Crippen LogP) is 3.85. The average molecular weight is 416 g/mol. The highest BCUT2D eigenvalue weighted by Crippen LogP contribution is 2.29. The van der Waals surface area contributed by atoms with Crippen LogP contribution in [0.2, 0.25) is 0 Å². The number of aromatic nitrogens is 2. The van der Waals surface area contributed by atoms with Crippen molar-refractivity contribution in [2.45, 2.75) is 19.6 Å². The van der Waals surface area contributed by atoms with Gasteiger partial charge in [0, 0.05) is 6.08 Å². The zero-order valence-corrected chi connectivity index (χ0v) is 16.1. The molecule has 1 atom stereocenters. The molecule has 7 nitrogen and oxygen atoms in total. The van der Waals surface area contributed by atoms with Gasteiger partial charge in [-0.15, -0.1) is 0 Å². The molecule has 0 saturated heterocycles. The number of aromatic amines is 1. The summed E-state index contributed by atoms with van der Waals surface area (Å²) >= 11 is 0. The van der Waals surface area contributed by atoms with Crippen LogP contribution in [0.25, 0.3) is 17.0 Å². The smallest absolute Gasteiger partial charge is 0.387 e. The minimum atomic E-state index is -2.98. The largest absolute Gasteiger partial charge is 0.493 e. The van der Waals surface area contributed by atoms with Crippen molar-refractivity contribution >= 4 is 22.9 Å². The summed E-state index contributed by atoms with van der Waals surface area (Å²) in [5, 5.41) is 0.438. The molecule has 1 N–H and O–H groups in total. The predicted molar refractivity (Wildman–Crippen MR) is 106 cm³/mol. The zero-order valence-electron chi connectivity index (χ0n) is 16.1. The summed E-state index contributed by atoms with van der Waals surface area (Å²) in [6.07, 6.45) is 1.80. The van der Waals surface area contributed by atoms with Crippen molar-refractivity contribution in [1.29, 1.82) is 0 Å². The zero-order chi connectivity index (χ0) is 21.7. The van der Waals surface area contributed by atoms with E-state index in [0.29, 0.717) is 16.5 Å². The standard InChI is InChI=1S/C21H18F2N2O5/c1-12(19-24-15-6-4-3-5-14(15)20(27)25-19)29-18(26)10-8-13-7-9-16(30-21(22)23)17(11-13)28-2/h3-12,21H,1-2H3,(H,24,25,27)/b10-8+. The van der Waals surface area contributed by atoms with Crippen LogP contribution in [-0.4, -0.2) is 29.7 Å². The number of methoxy groups -OCH3 is 1. The molecular formula is C21H18F2N2O5.